The van der Waals surface area contributed by atoms with Crippen molar-refractivity contribution in [1.82, 2.24) is 0 Å². The average molecular weight is 482 g/mol. The Balaban J connectivity index is 1.50. The van der Waals surface area contributed by atoms with Gasteiger partial charge in [-0.05, 0) is 78.2 Å². The second-order valence-electron chi connectivity index (χ2n) is 9.64. The Labute approximate surface area is 223 Å². The van der Waals surface area contributed by atoms with E-state index in [1.165, 1.54) is 60.5 Å². The van der Waals surface area contributed by atoms with Crippen LogP contribution in [0.3, 0.4) is 0 Å². The van der Waals surface area contributed by atoms with Gasteiger partial charge in [0.15, 0.2) is 0 Å². The number of fused-ring (bicyclic) bond motifs is 2. The fraction of sp³-hybridized carbons (Fsp3) is 0. The highest BCUT2D eigenvalue weighted by molar-refractivity contribution is 6.21. The smallest absolute Gasteiger partial charge is 0.00262 e. The van der Waals surface area contributed by atoms with E-state index in [0.29, 0.717) is 0 Å². The van der Waals surface area contributed by atoms with Gasteiger partial charge in [-0.2, -0.15) is 0 Å². The second-order valence-corrected chi connectivity index (χ2v) is 9.64. The molecule has 0 amide bonds. The molecule has 0 unspecified atom stereocenters. The highest BCUT2D eigenvalue weighted by Gasteiger charge is 2.17. The lowest BCUT2D eigenvalue weighted by atomic mass is 9.85. The van der Waals surface area contributed by atoms with E-state index in [9.17, 15) is 0 Å². The third-order valence-corrected chi connectivity index (χ3v) is 7.39. The zero-order chi connectivity index (χ0) is 25.3. The fourth-order valence-corrected chi connectivity index (χ4v) is 5.60. The third kappa shape index (κ3) is 3.88. The summed E-state index contributed by atoms with van der Waals surface area (Å²) in [5.74, 6) is 0. The summed E-state index contributed by atoms with van der Waals surface area (Å²) in [6, 6.07) is 57.6. The van der Waals surface area contributed by atoms with Crippen LogP contribution in [0.5, 0.6) is 0 Å². The maximum atomic E-state index is 3.33. The molecule has 7 aromatic rings. The van der Waals surface area contributed by atoms with Crippen molar-refractivity contribution >= 4 is 21.5 Å². The van der Waals surface area contributed by atoms with Crippen molar-refractivity contribution in [1.29, 1.82) is 0 Å². The maximum Gasteiger partial charge on any atom is -0.00262 e. The average Bonchev–Trinajstić information content (AvgIpc) is 3.01. The molecule has 0 heterocycles. The molecule has 0 N–H and O–H groups in total. The van der Waals surface area contributed by atoms with Crippen LogP contribution < -0.4 is 0 Å². The van der Waals surface area contributed by atoms with Crippen molar-refractivity contribution in [3.8, 4) is 44.5 Å². The van der Waals surface area contributed by atoms with Crippen LogP contribution in [0.2, 0.25) is 0 Å². The molecule has 0 saturated carbocycles. The van der Waals surface area contributed by atoms with Crippen molar-refractivity contribution in [3.63, 3.8) is 0 Å². The minimum Gasteiger partial charge on any atom is -0.0622 e. The van der Waals surface area contributed by atoms with Gasteiger partial charge in [0.25, 0.3) is 0 Å². The fourth-order valence-electron chi connectivity index (χ4n) is 5.60. The summed E-state index contributed by atoms with van der Waals surface area (Å²) in [6.07, 6.45) is 0. The second kappa shape index (κ2) is 9.50. The van der Waals surface area contributed by atoms with Crippen LogP contribution in [0.25, 0.3) is 66.1 Å². The van der Waals surface area contributed by atoms with Crippen molar-refractivity contribution in [2.45, 2.75) is 0 Å². The van der Waals surface area contributed by atoms with E-state index in [2.05, 4.69) is 146 Å². The number of rotatable bonds is 4. The maximum absolute atomic E-state index is 3.33. The largest absolute Gasteiger partial charge is 0.0622 e. The highest BCUT2D eigenvalue weighted by atomic mass is 14.2. The minimum absolute atomic E-state index is 1.11. The van der Waals surface area contributed by atoms with E-state index in [1.54, 1.807) is 0 Å². The molecular weight excluding hydrogens is 456 g/mol. The SMILES string of the molecule is [c]1ccccc1-c1ccc(-c2ccc3c(-c4ccccc4)c4ccccc4c(-c4ccccc4)c3c2)cc1. The quantitative estimate of drug-likeness (QED) is 0.219. The molecule has 0 atom stereocenters. The van der Waals surface area contributed by atoms with E-state index < -0.39 is 0 Å². The Hall–Kier alpha value is -4.94. The van der Waals surface area contributed by atoms with Crippen molar-refractivity contribution in [2.75, 3.05) is 0 Å². The zero-order valence-corrected chi connectivity index (χ0v) is 20.9. The molecule has 0 nitrogen and oxygen atoms in total. The molecule has 38 heavy (non-hydrogen) atoms. The first-order chi connectivity index (χ1) is 18.9. The summed E-state index contributed by atoms with van der Waals surface area (Å²) in [6.45, 7) is 0. The predicted molar refractivity (Wildman–Crippen MR) is 162 cm³/mol. The molecule has 0 saturated heterocycles. The Morgan fingerprint density at radius 2 is 0.816 bits per heavy atom. The van der Waals surface area contributed by atoms with Crippen LogP contribution >= 0.6 is 0 Å². The monoisotopic (exact) mass is 481 g/mol. The summed E-state index contributed by atoms with van der Waals surface area (Å²) in [4.78, 5) is 0. The number of benzene rings is 7. The lowest BCUT2D eigenvalue weighted by Gasteiger charge is -2.18. The van der Waals surface area contributed by atoms with Crippen molar-refractivity contribution < 1.29 is 0 Å². The first-order valence-corrected chi connectivity index (χ1v) is 13.0. The highest BCUT2D eigenvalue weighted by Crippen LogP contribution is 2.44. The molecular formula is C38H25. The van der Waals surface area contributed by atoms with Gasteiger partial charge in [0.05, 0.1) is 0 Å². The van der Waals surface area contributed by atoms with E-state index >= 15 is 0 Å². The van der Waals surface area contributed by atoms with Crippen LogP contribution in [-0.2, 0) is 0 Å². The van der Waals surface area contributed by atoms with Gasteiger partial charge < -0.3 is 0 Å². The van der Waals surface area contributed by atoms with Crippen LogP contribution in [0.1, 0.15) is 0 Å². The molecule has 0 heteroatoms. The summed E-state index contributed by atoms with van der Waals surface area (Å²) >= 11 is 0. The number of hydrogen-bond donors (Lipinski definition) is 0. The summed E-state index contributed by atoms with van der Waals surface area (Å²) < 4.78 is 0. The van der Waals surface area contributed by atoms with Gasteiger partial charge in [-0.3, -0.25) is 0 Å². The summed E-state index contributed by atoms with van der Waals surface area (Å²) in [7, 11) is 0. The van der Waals surface area contributed by atoms with Crippen LogP contribution in [0, 0.1) is 6.07 Å². The minimum atomic E-state index is 1.11. The molecule has 0 fully saturated rings. The first-order valence-electron chi connectivity index (χ1n) is 13.0. The predicted octanol–water partition coefficient (Wildman–Crippen LogP) is 10.5. The van der Waals surface area contributed by atoms with Gasteiger partial charge in [-0.25, -0.2) is 0 Å². The van der Waals surface area contributed by atoms with Gasteiger partial charge in [-0.1, -0.05) is 146 Å². The summed E-state index contributed by atoms with van der Waals surface area (Å²) in [5, 5.41) is 5.10. The topological polar surface area (TPSA) is 0 Å². The lowest BCUT2D eigenvalue weighted by Crippen LogP contribution is -1.91. The van der Waals surface area contributed by atoms with Crippen LogP contribution in [0.15, 0.2) is 152 Å². The Kier molecular flexibility index (Phi) is 5.57. The van der Waals surface area contributed by atoms with Crippen LogP contribution in [-0.4, -0.2) is 0 Å². The number of hydrogen-bond acceptors (Lipinski definition) is 0. The molecule has 1 radical (unpaired) electrons. The molecule has 0 aromatic heterocycles. The van der Waals surface area contributed by atoms with Gasteiger partial charge in [0, 0.05) is 0 Å². The van der Waals surface area contributed by atoms with Crippen molar-refractivity contribution in [3.05, 3.63) is 158 Å². The Morgan fingerprint density at radius 1 is 0.316 bits per heavy atom. The van der Waals surface area contributed by atoms with Gasteiger partial charge >= 0.3 is 0 Å². The van der Waals surface area contributed by atoms with E-state index in [0.717, 1.165) is 5.56 Å². The lowest BCUT2D eigenvalue weighted by molar-refractivity contribution is 1.59. The van der Waals surface area contributed by atoms with E-state index in [1.807, 2.05) is 12.1 Å². The zero-order valence-electron chi connectivity index (χ0n) is 20.9. The molecule has 0 aliphatic rings. The van der Waals surface area contributed by atoms with Gasteiger partial charge in [0.1, 0.15) is 0 Å². The molecule has 177 valence electrons. The van der Waals surface area contributed by atoms with Crippen molar-refractivity contribution in [2.24, 2.45) is 0 Å². The van der Waals surface area contributed by atoms with Gasteiger partial charge in [0.2, 0.25) is 0 Å². The molecule has 7 aromatic carbocycles. The summed E-state index contributed by atoms with van der Waals surface area (Å²) in [5.41, 5.74) is 9.77. The first kappa shape index (κ1) is 22.3. The molecule has 7 rings (SSSR count). The van der Waals surface area contributed by atoms with Gasteiger partial charge in [-0.15, -0.1) is 0 Å². The Morgan fingerprint density at radius 3 is 1.42 bits per heavy atom. The van der Waals surface area contributed by atoms with E-state index in [-0.39, 0.29) is 0 Å². The molecule has 0 aliphatic heterocycles. The molecule has 0 bridgehead atoms. The van der Waals surface area contributed by atoms with E-state index in [4.69, 9.17) is 0 Å². The van der Waals surface area contributed by atoms with Crippen LogP contribution in [0.4, 0.5) is 0 Å². The molecule has 0 aliphatic carbocycles. The molecule has 0 spiro atoms. The standard InChI is InChI=1S/C38H25/c1-4-12-27(13-5-1)28-20-22-29(23-21-28)32-24-25-35-36(26-32)38(31-16-8-3-9-17-31)34-19-11-10-18-33(34)37(35)30-14-6-2-7-15-30/h1-12,14-26H. The Bertz CT molecular complexity index is 1870. The normalized spacial score (nSPS) is 11.2. The third-order valence-electron chi connectivity index (χ3n) is 7.39.